The van der Waals surface area contributed by atoms with Gasteiger partial charge in [-0.25, -0.2) is 4.79 Å². The Morgan fingerprint density at radius 3 is 2.10 bits per heavy atom. The van der Waals surface area contributed by atoms with Crippen LogP contribution in [0.1, 0.15) is 54.4 Å². The molecule has 6 heteroatoms. The lowest BCUT2D eigenvalue weighted by molar-refractivity contribution is -0.125. The Kier molecular flexibility index (Phi) is 4.93. The fourth-order valence-electron chi connectivity index (χ4n) is 3.05. The smallest absolute Gasteiger partial charge is 0.315 e. The molecular formula is C15H30N4O2. The van der Waals surface area contributed by atoms with Crippen molar-refractivity contribution in [2.24, 2.45) is 11.1 Å². The predicted molar refractivity (Wildman–Crippen MR) is 83.8 cm³/mol. The second kappa shape index (κ2) is 5.83. The zero-order valence-electron chi connectivity index (χ0n) is 14.1. The van der Waals surface area contributed by atoms with Crippen molar-refractivity contribution in [1.82, 2.24) is 16.0 Å². The number of hydrogen-bond acceptors (Lipinski definition) is 3. The first-order chi connectivity index (χ1) is 9.33. The normalized spacial score (nSPS) is 21.6. The van der Waals surface area contributed by atoms with E-state index in [1.165, 1.54) is 0 Å². The third kappa shape index (κ3) is 5.53. The van der Waals surface area contributed by atoms with E-state index in [4.69, 9.17) is 5.73 Å². The van der Waals surface area contributed by atoms with E-state index in [0.29, 0.717) is 0 Å². The van der Waals surface area contributed by atoms with Crippen LogP contribution in [-0.2, 0) is 4.79 Å². The molecule has 1 saturated heterocycles. The van der Waals surface area contributed by atoms with Crippen molar-refractivity contribution < 1.29 is 9.59 Å². The van der Waals surface area contributed by atoms with Gasteiger partial charge in [0.15, 0.2) is 0 Å². The van der Waals surface area contributed by atoms with Gasteiger partial charge in [-0.15, -0.1) is 0 Å². The zero-order valence-corrected chi connectivity index (χ0v) is 14.1. The Labute approximate surface area is 127 Å². The van der Waals surface area contributed by atoms with Crippen LogP contribution in [0.4, 0.5) is 4.79 Å². The molecular weight excluding hydrogens is 268 g/mol. The second-order valence-corrected chi connectivity index (χ2v) is 8.07. The highest BCUT2D eigenvalue weighted by molar-refractivity contribution is 5.81. The maximum Gasteiger partial charge on any atom is 0.315 e. The third-order valence-corrected chi connectivity index (χ3v) is 3.88. The number of piperidine rings is 1. The highest BCUT2D eigenvalue weighted by atomic mass is 16.2. The first-order valence-corrected chi connectivity index (χ1v) is 7.47. The third-order valence-electron chi connectivity index (χ3n) is 3.88. The highest BCUT2D eigenvalue weighted by Gasteiger charge is 2.38. The summed E-state index contributed by atoms with van der Waals surface area (Å²) in [4.78, 5) is 23.2. The van der Waals surface area contributed by atoms with Crippen LogP contribution in [0.2, 0.25) is 0 Å². The Morgan fingerprint density at radius 1 is 1.19 bits per heavy atom. The molecule has 3 amide bonds. The van der Waals surface area contributed by atoms with Gasteiger partial charge in [-0.1, -0.05) is 0 Å². The van der Waals surface area contributed by atoms with Crippen LogP contribution in [-0.4, -0.2) is 35.6 Å². The van der Waals surface area contributed by atoms with Crippen LogP contribution >= 0.6 is 0 Å². The van der Waals surface area contributed by atoms with Crippen LogP contribution in [0, 0.1) is 5.41 Å². The minimum Gasteiger partial charge on any atom is -0.369 e. The van der Waals surface area contributed by atoms with Crippen molar-refractivity contribution in [3.8, 4) is 0 Å². The number of nitrogens with two attached hydrogens (primary N) is 1. The summed E-state index contributed by atoms with van der Waals surface area (Å²) in [6, 6.07) is -0.143. The van der Waals surface area contributed by atoms with Crippen LogP contribution in [0.3, 0.4) is 0 Å². The largest absolute Gasteiger partial charge is 0.369 e. The molecule has 1 aliphatic heterocycles. The summed E-state index contributed by atoms with van der Waals surface area (Å²) in [6.45, 7) is 12.2. The summed E-state index contributed by atoms with van der Waals surface area (Å²) < 4.78 is 0. The summed E-state index contributed by atoms with van der Waals surface area (Å²) in [5.74, 6) is -0.424. The summed E-state index contributed by atoms with van der Waals surface area (Å²) in [7, 11) is 0. The first kappa shape index (κ1) is 17.8. The number of amides is 3. The SMILES string of the molecule is CC1(C)CC(NC(=O)NCC(C)(C)C(N)=O)CC(C)(C)N1. The predicted octanol–water partition coefficient (Wildman–Crippen LogP) is 1.11. The molecule has 6 nitrogen and oxygen atoms in total. The quantitative estimate of drug-likeness (QED) is 0.626. The lowest BCUT2D eigenvalue weighted by Crippen LogP contribution is -2.63. The number of hydrogen-bond donors (Lipinski definition) is 4. The molecule has 0 bridgehead atoms. The monoisotopic (exact) mass is 298 g/mol. The van der Waals surface area contributed by atoms with Crippen LogP contribution < -0.4 is 21.7 Å². The second-order valence-electron chi connectivity index (χ2n) is 8.07. The standard InChI is InChI=1S/C15H30N4O2/c1-13(2,11(16)20)9-17-12(21)18-10-7-14(3,4)19-15(5,6)8-10/h10,19H,7-9H2,1-6H3,(H2,16,20)(H2,17,18,21). The summed E-state index contributed by atoms with van der Waals surface area (Å²) >= 11 is 0. The number of rotatable bonds is 4. The average molecular weight is 298 g/mol. The molecule has 122 valence electrons. The fraction of sp³-hybridized carbons (Fsp3) is 0.867. The van der Waals surface area contributed by atoms with Crippen molar-refractivity contribution >= 4 is 11.9 Å². The molecule has 21 heavy (non-hydrogen) atoms. The molecule has 1 aliphatic rings. The van der Waals surface area contributed by atoms with Gasteiger partial charge < -0.3 is 21.7 Å². The lowest BCUT2D eigenvalue weighted by Gasteiger charge is -2.46. The Morgan fingerprint density at radius 2 is 1.67 bits per heavy atom. The molecule has 5 N–H and O–H groups in total. The van der Waals surface area contributed by atoms with Crippen molar-refractivity contribution in [1.29, 1.82) is 0 Å². The summed E-state index contributed by atoms with van der Waals surface area (Å²) in [6.07, 6.45) is 1.73. The van der Waals surface area contributed by atoms with Gasteiger partial charge in [0.05, 0.1) is 5.41 Å². The van der Waals surface area contributed by atoms with Gasteiger partial charge in [0.1, 0.15) is 0 Å². The molecule has 0 spiro atoms. The molecule has 0 atom stereocenters. The zero-order chi connectivity index (χ0) is 16.5. The van der Waals surface area contributed by atoms with E-state index < -0.39 is 11.3 Å². The van der Waals surface area contributed by atoms with Gasteiger partial charge in [0.25, 0.3) is 0 Å². The van der Waals surface area contributed by atoms with E-state index in [1.807, 2.05) is 0 Å². The number of carbonyl (C=O) groups excluding carboxylic acids is 2. The highest BCUT2D eigenvalue weighted by Crippen LogP contribution is 2.28. The molecule has 0 radical (unpaired) electrons. The van der Waals surface area contributed by atoms with Gasteiger partial charge in [0.2, 0.25) is 5.91 Å². The van der Waals surface area contributed by atoms with Gasteiger partial charge in [-0.05, 0) is 54.4 Å². The van der Waals surface area contributed by atoms with Crippen LogP contribution in [0.5, 0.6) is 0 Å². The van der Waals surface area contributed by atoms with Gasteiger partial charge in [0, 0.05) is 23.7 Å². The van der Waals surface area contributed by atoms with Gasteiger partial charge >= 0.3 is 6.03 Å². The molecule has 1 heterocycles. The minimum atomic E-state index is -0.746. The molecule has 1 fully saturated rings. The molecule has 0 aromatic heterocycles. The molecule has 0 saturated carbocycles. The first-order valence-electron chi connectivity index (χ1n) is 7.47. The van der Waals surface area contributed by atoms with E-state index in [1.54, 1.807) is 13.8 Å². The van der Waals surface area contributed by atoms with Crippen molar-refractivity contribution in [3.05, 3.63) is 0 Å². The van der Waals surface area contributed by atoms with Crippen LogP contribution in [0.15, 0.2) is 0 Å². The van der Waals surface area contributed by atoms with Gasteiger partial charge in [-0.3, -0.25) is 4.79 Å². The number of carbonyl (C=O) groups is 2. The Balaban J connectivity index is 2.53. The van der Waals surface area contributed by atoms with E-state index in [0.717, 1.165) is 12.8 Å². The van der Waals surface area contributed by atoms with Crippen LogP contribution in [0.25, 0.3) is 0 Å². The summed E-state index contributed by atoms with van der Waals surface area (Å²) in [5.41, 5.74) is 4.50. The van der Waals surface area contributed by atoms with Gasteiger partial charge in [-0.2, -0.15) is 0 Å². The molecule has 0 aromatic carbocycles. The molecule has 0 aromatic rings. The maximum atomic E-state index is 12.0. The van der Waals surface area contributed by atoms with Crippen molar-refractivity contribution in [2.75, 3.05) is 6.54 Å². The number of urea groups is 1. The Hall–Kier alpha value is -1.30. The van der Waals surface area contributed by atoms with E-state index in [2.05, 4.69) is 43.6 Å². The molecule has 0 aliphatic carbocycles. The number of nitrogens with one attached hydrogen (secondary N) is 3. The summed E-state index contributed by atoms with van der Waals surface area (Å²) in [5, 5.41) is 9.31. The van der Waals surface area contributed by atoms with Crippen molar-refractivity contribution in [3.63, 3.8) is 0 Å². The molecule has 1 rings (SSSR count). The van der Waals surface area contributed by atoms with Crippen molar-refractivity contribution in [2.45, 2.75) is 71.5 Å². The van der Waals surface area contributed by atoms with E-state index >= 15 is 0 Å². The fourth-order valence-corrected chi connectivity index (χ4v) is 3.05. The minimum absolute atomic E-state index is 0.0216. The lowest BCUT2D eigenvalue weighted by atomic mass is 9.80. The average Bonchev–Trinajstić information content (AvgIpc) is 2.21. The Bertz CT molecular complexity index is 400. The topological polar surface area (TPSA) is 96.2 Å². The maximum absolute atomic E-state index is 12.0. The van der Waals surface area contributed by atoms with E-state index in [9.17, 15) is 9.59 Å². The molecule has 0 unspecified atom stereocenters. The number of primary amides is 1. The van der Waals surface area contributed by atoms with E-state index in [-0.39, 0.29) is 29.7 Å².